The van der Waals surface area contributed by atoms with Crippen molar-refractivity contribution in [2.24, 2.45) is 17.6 Å². The molecule has 2 atom stereocenters. The van der Waals surface area contributed by atoms with Crippen LogP contribution in [0.15, 0.2) is 30.3 Å². The predicted molar refractivity (Wildman–Crippen MR) is 144 cm³/mol. The summed E-state index contributed by atoms with van der Waals surface area (Å²) in [6.45, 7) is 3.67. The lowest BCUT2D eigenvalue weighted by atomic mass is 10.0. The Bertz CT molecular complexity index is 722. The zero-order valence-electron chi connectivity index (χ0n) is 20.3. The molecule has 0 saturated carbocycles. The molecule has 1 aromatic rings. The normalized spacial score (nSPS) is 12.7. The molecule has 0 aliphatic rings. The number of esters is 2. The van der Waals surface area contributed by atoms with Gasteiger partial charge in [-0.1, -0.05) is 65.8 Å². The van der Waals surface area contributed by atoms with Crippen LogP contribution in [0, 0.1) is 11.8 Å². The van der Waals surface area contributed by atoms with E-state index in [-0.39, 0.29) is 49.5 Å². The molecule has 10 heteroatoms. The van der Waals surface area contributed by atoms with Crippen molar-refractivity contribution in [3.8, 4) is 0 Å². The zero-order valence-corrected chi connectivity index (χ0v) is 22.8. The van der Waals surface area contributed by atoms with E-state index in [4.69, 9.17) is 15.2 Å². The summed E-state index contributed by atoms with van der Waals surface area (Å²) in [5.74, 6) is 1.09. The van der Waals surface area contributed by atoms with Gasteiger partial charge in [-0.3, -0.25) is 14.4 Å². The minimum atomic E-state index is -0.510. The van der Waals surface area contributed by atoms with Gasteiger partial charge in [-0.2, -0.15) is 11.8 Å². The number of carbonyl (C=O) groups excluding carboxylic acids is 3. The molecule has 0 heterocycles. The van der Waals surface area contributed by atoms with Crippen LogP contribution in [0.5, 0.6) is 0 Å². The Morgan fingerprint density at radius 3 is 2.38 bits per heavy atom. The number of carbonyl (C=O) groups is 3. The summed E-state index contributed by atoms with van der Waals surface area (Å²) in [5, 5.41) is 2.71. The fraction of sp³-hybridized carbons (Fsp3) is 0.625. The quantitative estimate of drug-likeness (QED) is 0.167. The summed E-state index contributed by atoms with van der Waals surface area (Å²) in [7, 11) is 3.33. The van der Waals surface area contributed by atoms with E-state index in [1.165, 1.54) is 0 Å². The summed E-state index contributed by atoms with van der Waals surface area (Å²) >= 11 is 1.79. The first-order valence-corrected chi connectivity index (χ1v) is 15.3. The molecule has 0 radical (unpaired) electrons. The maximum atomic E-state index is 12.8. The van der Waals surface area contributed by atoms with Gasteiger partial charge in [0.05, 0.1) is 25.0 Å². The molecule has 1 rings (SSSR count). The minimum absolute atomic E-state index is 0.136. The lowest BCUT2D eigenvalue weighted by Crippen LogP contribution is -2.37. The van der Waals surface area contributed by atoms with Crippen LogP contribution >= 0.6 is 33.3 Å². The summed E-state index contributed by atoms with van der Waals surface area (Å²) in [5.41, 5.74) is 7.20. The Morgan fingerprint density at radius 2 is 1.71 bits per heavy atom. The van der Waals surface area contributed by atoms with Crippen LogP contribution in [0.2, 0.25) is 0 Å². The largest absolute Gasteiger partial charge is 0.465 e. The predicted octanol–water partition coefficient (Wildman–Crippen LogP) is 3.56. The van der Waals surface area contributed by atoms with E-state index in [2.05, 4.69) is 11.6 Å². The molecule has 0 bridgehead atoms. The van der Waals surface area contributed by atoms with E-state index < -0.39 is 5.97 Å². The van der Waals surface area contributed by atoms with Crippen molar-refractivity contribution >= 4 is 51.2 Å². The molecule has 0 aliphatic carbocycles. The van der Waals surface area contributed by atoms with Crippen molar-refractivity contribution in [2.75, 3.05) is 43.3 Å². The zero-order chi connectivity index (χ0) is 25.2. The van der Waals surface area contributed by atoms with E-state index >= 15 is 0 Å². The van der Waals surface area contributed by atoms with Gasteiger partial charge in [-0.25, -0.2) is 0 Å². The number of amides is 1. The highest BCUT2D eigenvalue weighted by atomic mass is 33.1. The standard InChI is InChI=1S/C24H38N2O5S3/c1-18(2)24(29)31-12-7-11-30-22(27)15-26-23(28)20(14-19-8-5-4-6-9-19)16-33-34-17-21(25)10-13-32-3/h4-6,8-9,18,20-21H,7,10-17,25H2,1-3H3,(H,26,28). The second kappa shape index (κ2) is 18.9. The number of thioether (sulfide) groups is 1. The smallest absolute Gasteiger partial charge is 0.325 e. The third-order valence-electron chi connectivity index (χ3n) is 4.70. The number of rotatable bonds is 18. The maximum absolute atomic E-state index is 12.8. The summed E-state index contributed by atoms with van der Waals surface area (Å²) in [6.07, 6.45) is 4.06. The fourth-order valence-electron chi connectivity index (χ4n) is 2.68. The molecule has 1 aromatic carbocycles. The highest BCUT2D eigenvalue weighted by molar-refractivity contribution is 8.76. The molecular weight excluding hydrogens is 492 g/mol. The third kappa shape index (κ3) is 14.8. The monoisotopic (exact) mass is 530 g/mol. The highest BCUT2D eigenvalue weighted by Gasteiger charge is 2.20. The van der Waals surface area contributed by atoms with Gasteiger partial charge in [0, 0.05) is 24.0 Å². The first-order valence-electron chi connectivity index (χ1n) is 11.5. The number of benzene rings is 1. The first kappa shape index (κ1) is 30.7. The second-order valence-corrected chi connectivity index (χ2v) is 11.6. The third-order valence-corrected chi connectivity index (χ3v) is 7.93. The van der Waals surface area contributed by atoms with Crippen molar-refractivity contribution in [1.29, 1.82) is 0 Å². The Labute approximate surface area is 215 Å². The van der Waals surface area contributed by atoms with E-state index in [0.717, 1.165) is 23.5 Å². The van der Waals surface area contributed by atoms with Crippen molar-refractivity contribution in [1.82, 2.24) is 5.32 Å². The molecular formula is C24H38N2O5S3. The molecule has 0 fully saturated rings. The molecule has 0 aromatic heterocycles. The van der Waals surface area contributed by atoms with Gasteiger partial charge < -0.3 is 20.5 Å². The summed E-state index contributed by atoms with van der Waals surface area (Å²) in [6, 6.07) is 9.99. The average molecular weight is 531 g/mol. The van der Waals surface area contributed by atoms with Crippen LogP contribution in [-0.4, -0.2) is 67.2 Å². The molecule has 34 heavy (non-hydrogen) atoms. The molecule has 1 amide bonds. The summed E-state index contributed by atoms with van der Waals surface area (Å²) < 4.78 is 10.2. The molecule has 0 spiro atoms. The van der Waals surface area contributed by atoms with E-state index in [1.807, 2.05) is 30.3 Å². The van der Waals surface area contributed by atoms with Crippen molar-refractivity contribution < 1.29 is 23.9 Å². The van der Waals surface area contributed by atoms with Crippen molar-refractivity contribution in [2.45, 2.75) is 39.2 Å². The Balaban J connectivity index is 2.40. The highest BCUT2D eigenvalue weighted by Crippen LogP contribution is 2.26. The molecule has 0 aliphatic heterocycles. The van der Waals surface area contributed by atoms with E-state index in [0.29, 0.717) is 18.6 Å². The van der Waals surface area contributed by atoms with Gasteiger partial charge in [0.25, 0.3) is 0 Å². The van der Waals surface area contributed by atoms with Crippen LogP contribution in [0.1, 0.15) is 32.3 Å². The van der Waals surface area contributed by atoms with Crippen molar-refractivity contribution in [3.05, 3.63) is 35.9 Å². The Hall–Kier alpha value is -1.36. The Kier molecular flexibility index (Phi) is 17.1. The van der Waals surface area contributed by atoms with Gasteiger partial charge in [0.1, 0.15) is 6.54 Å². The van der Waals surface area contributed by atoms with Crippen molar-refractivity contribution in [3.63, 3.8) is 0 Å². The van der Waals surface area contributed by atoms with Crippen LogP contribution in [0.4, 0.5) is 0 Å². The number of hydrogen-bond donors (Lipinski definition) is 2. The molecule has 192 valence electrons. The SMILES string of the molecule is CSCCC(N)CSSCC(Cc1ccccc1)C(=O)NCC(=O)OCCCOC(=O)C(C)C. The summed E-state index contributed by atoms with van der Waals surface area (Å²) in [4.78, 5) is 36.2. The van der Waals surface area contributed by atoms with E-state index in [1.54, 1.807) is 47.2 Å². The minimum Gasteiger partial charge on any atom is -0.465 e. The molecule has 3 N–H and O–H groups in total. The molecule has 7 nitrogen and oxygen atoms in total. The number of nitrogens with two attached hydrogens (primary N) is 1. The maximum Gasteiger partial charge on any atom is 0.325 e. The van der Waals surface area contributed by atoms with Crippen LogP contribution in [0.3, 0.4) is 0 Å². The molecule has 2 unspecified atom stereocenters. The van der Waals surface area contributed by atoms with Gasteiger partial charge >= 0.3 is 11.9 Å². The average Bonchev–Trinajstić information content (AvgIpc) is 2.83. The first-order chi connectivity index (χ1) is 16.3. The van der Waals surface area contributed by atoms with Crippen LogP contribution in [0.25, 0.3) is 0 Å². The number of nitrogens with one attached hydrogen (secondary N) is 1. The number of ether oxygens (including phenoxy) is 2. The van der Waals surface area contributed by atoms with Gasteiger partial charge in [-0.15, -0.1) is 0 Å². The fourth-order valence-corrected chi connectivity index (χ4v) is 5.78. The lowest BCUT2D eigenvalue weighted by Gasteiger charge is -2.17. The Morgan fingerprint density at radius 1 is 1.03 bits per heavy atom. The number of hydrogen-bond acceptors (Lipinski definition) is 9. The topological polar surface area (TPSA) is 108 Å². The van der Waals surface area contributed by atoms with Crippen LogP contribution in [-0.2, 0) is 30.3 Å². The van der Waals surface area contributed by atoms with Gasteiger partial charge in [0.2, 0.25) is 5.91 Å². The van der Waals surface area contributed by atoms with Gasteiger partial charge in [-0.05, 0) is 30.4 Å². The molecule has 0 saturated heterocycles. The van der Waals surface area contributed by atoms with E-state index in [9.17, 15) is 14.4 Å². The van der Waals surface area contributed by atoms with Crippen LogP contribution < -0.4 is 11.1 Å². The van der Waals surface area contributed by atoms with Gasteiger partial charge in [0.15, 0.2) is 0 Å². The lowest BCUT2D eigenvalue weighted by molar-refractivity contribution is -0.148. The second-order valence-electron chi connectivity index (χ2n) is 8.11.